The van der Waals surface area contributed by atoms with Crippen LogP contribution in [-0.4, -0.2) is 29.2 Å². The van der Waals surface area contributed by atoms with Crippen molar-refractivity contribution in [3.8, 4) is 0 Å². The highest BCUT2D eigenvalue weighted by molar-refractivity contribution is 5.88. The fraction of sp³-hybridized carbons (Fsp3) is 0.833. The Bertz CT molecular complexity index is 260. The third-order valence-electron chi connectivity index (χ3n) is 2.88. The Morgan fingerprint density at radius 3 is 2.47 bits per heavy atom. The second-order valence-electron chi connectivity index (χ2n) is 5.11. The van der Waals surface area contributed by atoms with Crippen LogP contribution in [0.3, 0.4) is 0 Å². The zero-order valence-corrected chi connectivity index (χ0v) is 10.1. The molecule has 0 radical (unpaired) electrons. The molecule has 3 nitrogen and oxygen atoms in total. The van der Waals surface area contributed by atoms with Crippen LogP contribution in [-0.2, 0) is 9.59 Å². The molecule has 1 fully saturated rings. The first-order chi connectivity index (χ1) is 6.91. The Morgan fingerprint density at radius 2 is 2.00 bits per heavy atom. The summed E-state index contributed by atoms with van der Waals surface area (Å²) < 4.78 is 0. The summed E-state index contributed by atoms with van der Waals surface area (Å²) in [6.45, 7) is 8.48. The molecular formula is C12H21NO2. The van der Waals surface area contributed by atoms with E-state index in [1.165, 1.54) is 0 Å². The Morgan fingerprint density at radius 1 is 1.40 bits per heavy atom. The monoisotopic (exact) mass is 211 g/mol. The van der Waals surface area contributed by atoms with Crippen LogP contribution < -0.4 is 0 Å². The molecule has 3 heteroatoms. The van der Waals surface area contributed by atoms with Crippen LogP contribution in [0.4, 0.5) is 0 Å². The summed E-state index contributed by atoms with van der Waals surface area (Å²) in [7, 11) is 0. The highest BCUT2D eigenvalue weighted by Crippen LogP contribution is 2.24. The Hall–Kier alpha value is -0.860. The van der Waals surface area contributed by atoms with Gasteiger partial charge in [0.25, 0.3) is 0 Å². The summed E-state index contributed by atoms with van der Waals surface area (Å²) >= 11 is 0. The molecule has 0 aliphatic carbocycles. The minimum Gasteiger partial charge on any atom is -0.332 e. The van der Waals surface area contributed by atoms with Gasteiger partial charge in [-0.05, 0) is 25.2 Å². The fourth-order valence-corrected chi connectivity index (χ4v) is 2.17. The predicted octanol–water partition coefficient (Wildman–Crippen LogP) is 1.86. The van der Waals surface area contributed by atoms with Crippen LogP contribution in [0.15, 0.2) is 0 Å². The molecule has 15 heavy (non-hydrogen) atoms. The second kappa shape index (κ2) is 4.77. The maximum Gasteiger partial charge on any atom is 0.223 e. The number of Topliss-reactive ketones (excluding diaryl/α,β-unsaturated/α-hetero) is 1. The van der Waals surface area contributed by atoms with Crippen molar-refractivity contribution in [2.75, 3.05) is 6.54 Å². The number of amides is 1. The van der Waals surface area contributed by atoms with Crippen molar-refractivity contribution in [1.29, 1.82) is 0 Å². The van der Waals surface area contributed by atoms with E-state index in [0.717, 1.165) is 13.0 Å². The molecule has 1 amide bonds. The molecule has 1 heterocycles. The van der Waals surface area contributed by atoms with E-state index in [1.54, 1.807) is 11.8 Å². The van der Waals surface area contributed by atoms with Gasteiger partial charge in [-0.3, -0.25) is 9.59 Å². The van der Waals surface area contributed by atoms with E-state index >= 15 is 0 Å². The van der Waals surface area contributed by atoms with Gasteiger partial charge < -0.3 is 4.90 Å². The van der Waals surface area contributed by atoms with Crippen LogP contribution in [0, 0.1) is 11.8 Å². The zero-order valence-electron chi connectivity index (χ0n) is 10.1. The Kier molecular flexibility index (Phi) is 3.89. The Balaban J connectivity index is 2.66. The highest BCUT2D eigenvalue weighted by Gasteiger charge is 2.35. The molecule has 0 spiro atoms. The lowest BCUT2D eigenvalue weighted by Gasteiger charge is -2.23. The minimum absolute atomic E-state index is 0.122. The molecular weight excluding hydrogens is 190 g/mol. The van der Waals surface area contributed by atoms with Crippen LogP contribution in [0.1, 0.15) is 40.5 Å². The molecule has 1 aliphatic heterocycles. The molecule has 0 unspecified atom stereocenters. The number of nitrogens with zero attached hydrogens (tertiary/aromatic N) is 1. The molecule has 0 saturated carbocycles. The van der Waals surface area contributed by atoms with E-state index in [2.05, 4.69) is 6.92 Å². The lowest BCUT2D eigenvalue weighted by Crippen LogP contribution is -2.40. The lowest BCUT2D eigenvalue weighted by molar-refractivity contribution is -0.137. The molecule has 2 atom stereocenters. The smallest absolute Gasteiger partial charge is 0.223 e. The van der Waals surface area contributed by atoms with Crippen molar-refractivity contribution in [2.45, 2.75) is 46.6 Å². The normalized spacial score (nSPS) is 26.1. The van der Waals surface area contributed by atoms with E-state index in [1.807, 2.05) is 13.8 Å². The minimum atomic E-state index is -0.161. The van der Waals surface area contributed by atoms with Gasteiger partial charge in [0, 0.05) is 13.0 Å². The largest absolute Gasteiger partial charge is 0.332 e. The first-order valence-corrected chi connectivity index (χ1v) is 5.71. The quantitative estimate of drug-likeness (QED) is 0.714. The third-order valence-corrected chi connectivity index (χ3v) is 2.88. The second-order valence-corrected chi connectivity index (χ2v) is 5.11. The van der Waals surface area contributed by atoms with Gasteiger partial charge in [0.2, 0.25) is 5.91 Å². The van der Waals surface area contributed by atoms with Gasteiger partial charge in [-0.1, -0.05) is 20.8 Å². The molecule has 0 aromatic heterocycles. The highest BCUT2D eigenvalue weighted by atomic mass is 16.2. The van der Waals surface area contributed by atoms with Crippen LogP contribution in [0.2, 0.25) is 0 Å². The summed E-state index contributed by atoms with van der Waals surface area (Å²) in [5.74, 6) is 1.07. The molecule has 0 bridgehead atoms. The first kappa shape index (κ1) is 12.2. The molecule has 1 aliphatic rings. The fourth-order valence-electron chi connectivity index (χ4n) is 2.17. The topological polar surface area (TPSA) is 37.4 Å². The number of carbonyl (C=O) groups excluding carboxylic acids is 2. The molecule has 0 N–H and O–H groups in total. The van der Waals surface area contributed by atoms with Crippen molar-refractivity contribution in [3.05, 3.63) is 0 Å². The summed E-state index contributed by atoms with van der Waals surface area (Å²) in [5.41, 5.74) is 0. The van der Waals surface area contributed by atoms with Gasteiger partial charge in [-0.15, -0.1) is 0 Å². The summed E-state index contributed by atoms with van der Waals surface area (Å²) in [4.78, 5) is 25.1. The van der Waals surface area contributed by atoms with Crippen LogP contribution in [0.25, 0.3) is 0 Å². The third kappa shape index (κ3) is 3.05. The average Bonchev–Trinajstić information content (AvgIpc) is 2.46. The summed E-state index contributed by atoms with van der Waals surface area (Å²) in [5, 5.41) is 0. The number of carbonyl (C=O) groups is 2. The Labute approximate surface area is 91.8 Å². The van der Waals surface area contributed by atoms with Gasteiger partial charge >= 0.3 is 0 Å². The average molecular weight is 211 g/mol. The summed E-state index contributed by atoms with van der Waals surface area (Å²) in [6.07, 6.45) is 1.38. The van der Waals surface area contributed by atoms with E-state index in [-0.39, 0.29) is 17.7 Å². The number of hydrogen-bond donors (Lipinski definition) is 0. The van der Waals surface area contributed by atoms with Crippen molar-refractivity contribution in [2.24, 2.45) is 11.8 Å². The summed E-state index contributed by atoms with van der Waals surface area (Å²) in [6, 6.07) is -0.161. The predicted molar refractivity (Wildman–Crippen MR) is 59.4 cm³/mol. The van der Waals surface area contributed by atoms with Crippen LogP contribution in [0.5, 0.6) is 0 Å². The van der Waals surface area contributed by atoms with Gasteiger partial charge in [-0.2, -0.15) is 0 Å². The molecule has 0 aromatic rings. The van der Waals surface area contributed by atoms with Crippen LogP contribution >= 0.6 is 0 Å². The molecule has 1 rings (SSSR count). The maximum absolute atomic E-state index is 11.9. The van der Waals surface area contributed by atoms with E-state index in [9.17, 15) is 9.59 Å². The molecule has 0 aromatic carbocycles. The zero-order chi connectivity index (χ0) is 11.6. The molecule has 1 saturated heterocycles. The van der Waals surface area contributed by atoms with E-state index in [4.69, 9.17) is 0 Å². The van der Waals surface area contributed by atoms with Gasteiger partial charge in [-0.25, -0.2) is 0 Å². The standard InChI is InChI=1S/C12H21NO2/c1-8(2)5-12(15)13-7-9(3)6-11(13)10(4)14/h8-9,11H,5-7H2,1-4H3/t9-,11+/m1/s1. The van der Waals surface area contributed by atoms with E-state index < -0.39 is 0 Å². The number of ketones is 1. The van der Waals surface area contributed by atoms with Crippen molar-refractivity contribution < 1.29 is 9.59 Å². The maximum atomic E-state index is 11.9. The van der Waals surface area contributed by atoms with Gasteiger partial charge in [0.1, 0.15) is 0 Å². The van der Waals surface area contributed by atoms with Crippen molar-refractivity contribution in [3.63, 3.8) is 0 Å². The SMILES string of the molecule is CC(=O)[C@@H]1C[C@@H](C)CN1C(=O)CC(C)C. The molecule has 86 valence electrons. The van der Waals surface area contributed by atoms with Crippen molar-refractivity contribution in [1.82, 2.24) is 4.90 Å². The first-order valence-electron chi connectivity index (χ1n) is 5.71. The van der Waals surface area contributed by atoms with E-state index in [0.29, 0.717) is 18.3 Å². The number of hydrogen-bond acceptors (Lipinski definition) is 2. The van der Waals surface area contributed by atoms with Gasteiger partial charge in [0.15, 0.2) is 5.78 Å². The number of rotatable bonds is 3. The van der Waals surface area contributed by atoms with Gasteiger partial charge in [0.05, 0.1) is 6.04 Å². The lowest BCUT2D eigenvalue weighted by atomic mass is 10.1. The van der Waals surface area contributed by atoms with Crippen molar-refractivity contribution >= 4 is 11.7 Å². The number of likely N-dealkylation sites (tertiary alicyclic amines) is 1.